The molecule has 7 nitrogen and oxygen atoms in total. The molecule has 2 fully saturated rings. The van der Waals surface area contributed by atoms with Gasteiger partial charge in [0.1, 0.15) is 11.6 Å². The highest BCUT2D eigenvalue weighted by Crippen LogP contribution is 2.39. The number of carbonyl (C=O) groups excluding carboxylic acids is 2. The SMILES string of the molecule is CC1CC(=O)CCN1C[C@H]1CN[C@H](C)CN1CC(=O)N1CC(C)(C)c2ncc(Cc3ccc(F)cc3)cc21. The van der Waals surface area contributed by atoms with Crippen LogP contribution < -0.4 is 10.2 Å². The van der Waals surface area contributed by atoms with Gasteiger partial charge >= 0.3 is 0 Å². The molecule has 2 saturated heterocycles. The van der Waals surface area contributed by atoms with Gasteiger partial charge in [-0.25, -0.2) is 4.39 Å². The number of hydrogen-bond acceptors (Lipinski definition) is 6. The zero-order chi connectivity index (χ0) is 27.0. The molecule has 2 aromatic rings. The summed E-state index contributed by atoms with van der Waals surface area (Å²) in [6.45, 7) is 12.8. The Morgan fingerprint density at radius 1 is 1.16 bits per heavy atom. The molecule has 0 saturated carbocycles. The highest BCUT2D eigenvalue weighted by atomic mass is 19.1. The molecule has 1 N–H and O–H groups in total. The van der Waals surface area contributed by atoms with E-state index in [1.807, 2.05) is 11.1 Å². The molecule has 0 spiro atoms. The number of aromatic nitrogens is 1. The number of piperazine rings is 1. The van der Waals surface area contributed by atoms with Crippen LogP contribution in [0.1, 0.15) is 57.4 Å². The molecule has 3 atom stereocenters. The first-order chi connectivity index (χ1) is 18.1. The first-order valence-electron chi connectivity index (χ1n) is 13.9. The minimum absolute atomic E-state index is 0.0959. The number of carbonyl (C=O) groups is 2. The number of nitrogens with zero attached hydrogens (tertiary/aromatic N) is 4. The highest BCUT2D eigenvalue weighted by molar-refractivity contribution is 5.97. The molecule has 0 bridgehead atoms. The van der Waals surface area contributed by atoms with E-state index in [9.17, 15) is 14.0 Å². The van der Waals surface area contributed by atoms with Crippen molar-refractivity contribution in [3.63, 3.8) is 0 Å². The molecule has 3 aliphatic rings. The summed E-state index contributed by atoms with van der Waals surface area (Å²) in [6, 6.07) is 9.38. The number of anilines is 1. The maximum Gasteiger partial charge on any atom is 0.241 e. The Bertz CT molecular complexity index is 1180. The van der Waals surface area contributed by atoms with Gasteiger partial charge in [0.2, 0.25) is 5.91 Å². The van der Waals surface area contributed by atoms with Gasteiger partial charge in [-0.1, -0.05) is 26.0 Å². The van der Waals surface area contributed by atoms with E-state index in [0.717, 1.165) is 48.7 Å². The van der Waals surface area contributed by atoms with Crippen molar-refractivity contribution in [3.05, 3.63) is 59.2 Å². The van der Waals surface area contributed by atoms with E-state index < -0.39 is 0 Å². The molecule has 8 heteroatoms. The van der Waals surface area contributed by atoms with Crippen LogP contribution in [-0.4, -0.2) is 83.9 Å². The van der Waals surface area contributed by atoms with Crippen molar-refractivity contribution in [1.82, 2.24) is 20.1 Å². The largest absolute Gasteiger partial charge is 0.311 e. The average Bonchev–Trinajstić information content (AvgIpc) is 3.14. The fourth-order valence-electron chi connectivity index (χ4n) is 6.19. The lowest BCUT2D eigenvalue weighted by molar-refractivity contribution is -0.123. The number of nitrogens with one attached hydrogen (secondary N) is 1. The number of pyridine rings is 1. The van der Waals surface area contributed by atoms with Crippen molar-refractivity contribution >= 4 is 17.4 Å². The first-order valence-corrected chi connectivity index (χ1v) is 13.9. The van der Waals surface area contributed by atoms with Crippen molar-refractivity contribution in [2.24, 2.45) is 0 Å². The number of benzene rings is 1. The molecule has 1 unspecified atom stereocenters. The fourth-order valence-corrected chi connectivity index (χ4v) is 6.19. The van der Waals surface area contributed by atoms with Crippen LogP contribution in [0.3, 0.4) is 0 Å². The fraction of sp³-hybridized carbons (Fsp3) is 0.567. The van der Waals surface area contributed by atoms with Crippen molar-refractivity contribution in [1.29, 1.82) is 0 Å². The molecule has 0 radical (unpaired) electrons. The Morgan fingerprint density at radius 3 is 2.66 bits per heavy atom. The maximum absolute atomic E-state index is 13.9. The van der Waals surface area contributed by atoms with Crippen LogP contribution in [-0.2, 0) is 21.4 Å². The highest BCUT2D eigenvalue weighted by Gasteiger charge is 2.41. The lowest BCUT2D eigenvalue weighted by atomic mass is 9.91. The number of likely N-dealkylation sites (tertiary alicyclic amines) is 1. The van der Waals surface area contributed by atoms with E-state index >= 15 is 0 Å². The molecule has 204 valence electrons. The minimum atomic E-state index is -0.247. The predicted octanol–water partition coefficient (Wildman–Crippen LogP) is 3.15. The summed E-state index contributed by atoms with van der Waals surface area (Å²) in [5, 5.41) is 3.59. The Hall–Kier alpha value is -2.68. The van der Waals surface area contributed by atoms with Crippen molar-refractivity contribution < 1.29 is 14.0 Å². The smallest absolute Gasteiger partial charge is 0.241 e. The van der Waals surface area contributed by atoms with E-state index in [2.05, 4.69) is 48.9 Å². The van der Waals surface area contributed by atoms with Crippen molar-refractivity contribution in [3.8, 4) is 0 Å². The molecular weight excluding hydrogens is 481 g/mol. The molecule has 0 aliphatic carbocycles. The second-order valence-corrected chi connectivity index (χ2v) is 12.1. The number of rotatable bonds is 6. The normalized spacial score (nSPS) is 26.0. The second-order valence-electron chi connectivity index (χ2n) is 12.1. The van der Waals surface area contributed by atoms with E-state index in [0.29, 0.717) is 44.2 Å². The van der Waals surface area contributed by atoms with Crippen molar-refractivity contribution in [2.45, 2.75) is 70.5 Å². The number of ketones is 1. The van der Waals surface area contributed by atoms with Crippen molar-refractivity contribution in [2.75, 3.05) is 44.2 Å². The minimum Gasteiger partial charge on any atom is -0.311 e. The van der Waals surface area contributed by atoms with Gasteiger partial charge in [0.15, 0.2) is 0 Å². The van der Waals surface area contributed by atoms with Crippen LogP contribution in [0, 0.1) is 5.82 Å². The summed E-state index contributed by atoms with van der Waals surface area (Å²) in [5.41, 5.74) is 3.63. The van der Waals surface area contributed by atoms with E-state index in [-0.39, 0.29) is 29.2 Å². The second kappa shape index (κ2) is 10.8. The third kappa shape index (κ3) is 5.82. The van der Waals surface area contributed by atoms with Crippen LogP contribution in [0.15, 0.2) is 36.5 Å². The molecule has 1 aromatic carbocycles. The Morgan fingerprint density at radius 2 is 1.92 bits per heavy atom. The number of amides is 1. The Kier molecular flexibility index (Phi) is 7.67. The molecule has 3 aliphatic heterocycles. The zero-order valence-corrected chi connectivity index (χ0v) is 23.0. The van der Waals surface area contributed by atoms with Gasteiger partial charge < -0.3 is 10.2 Å². The number of hydrogen-bond donors (Lipinski definition) is 1. The van der Waals surface area contributed by atoms with Crippen LogP contribution in [0.25, 0.3) is 0 Å². The zero-order valence-electron chi connectivity index (χ0n) is 23.0. The summed E-state index contributed by atoms with van der Waals surface area (Å²) >= 11 is 0. The lowest BCUT2D eigenvalue weighted by Crippen LogP contribution is -2.61. The first kappa shape index (κ1) is 26.9. The third-order valence-electron chi connectivity index (χ3n) is 8.37. The number of halogens is 1. The van der Waals surface area contributed by atoms with Gasteiger partial charge in [0.05, 0.1) is 17.9 Å². The molecule has 4 heterocycles. The quantitative estimate of drug-likeness (QED) is 0.630. The van der Waals surface area contributed by atoms with Crippen LogP contribution >= 0.6 is 0 Å². The summed E-state index contributed by atoms with van der Waals surface area (Å²) < 4.78 is 13.4. The van der Waals surface area contributed by atoms with Gasteiger partial charge in [-0.3, -0.25) is 24.4 Å². The van der Waals surface area contributed by atoms with Crippen LogP contribution in [0.4, 0.5) is 10.1 Å². The van der Waals surface area contributed by atoms with Crippen LogP contribution in [0.2, 0.25) is 0 Å². The molecular formula is C30H40FN5O2. The number of piperidine rings is 1. The van der Waals surface area contributed by atoms with E-state index in [4.69, 9.17) is 4.98 Å². The summed E-state index contributed by atoms with van der Waals surface area (Å²) in [6.07, 6.45) is 3.75. The number of fused-ring (bicyclic) bond motifs is 1. The Labute approximate surface area is 225 Å². The monoisotopic (exact) mass is 521 g/mol. The van der Waals surface area contributed by atoms with Gasteiger partial charge in [-0.2, -0.15) is 0 Å². The molecule has 1 aromatic heterocycles. The average molecular weight is 522 g/mol. The molecule has 5 rings (SSSR count). The maximum atomic E-state index is 13.9. The topological polar surface area (TPSA) is 68.8 Å². The predicted molar refractivity (Wildman–Crippen MR) is 147 cm³/mol. The van der Waals surface area contributed by atoms with Gasteiger partial charge in [-0.15, -0.1) is 0 Å². The standard InChI is InChI=1S/C30H40FN5O2/c1-20-16-35(25(15-32-20)17-34-10-9-26(37)11-21(34)2)18-28(38)36-19-30(3,4)29-27(36)13-23(14-33-29)12-22-5-7-24(31)8-6-22/h5-8,13-14,20-21,25,32H,9-12,15-19H2,1-4H3/t20-,21?,25-/m1/s1. The summed E-state index contributed by atoms with van der Waals surface area (Å²) in [7, 11) is 0. The van der Waals surface area contributed by atoms with Gasteiger partial charge in [0, 0.05) is 75.3 Å². The molecule has 38 heavy (non-hydrogen) atoms. The summed E-state index contributed by atoms with van der Waals surface area (Å²) in [4.78, 5) is 37.2. The molecule has 1 amide bonds. The third-order valence-corrected chi connectivity index (χ3v) is 8.37. The summed E-state index contributed by atoms with van der Waals surface area (Å²) in [5.74, 6) is 0.195. The van der Waals surface area contributed by atoms with E-state index in [1.54, 1.807) is 12.1 Å². The Balaban J connectivity index is 1.32. The number of Topliss-reactive ketones (excluding diaryl/α,β-unsaturated/α-hetero) is 1. The van der Waals surface area contributed by atoms with Gasteiger partial charge in [0.25, 0.3) is 0 Å². The van der Waals surface area contributed by atoms with E-state index in [1.165, 1.54) is 12.1 Å². The van der Waals surface area contributed by atoms with Crippen LogP contribution in [0.5, 0.6) is 0 Å². The van der Waals surface area contributed by atoms with Gasteiger partial charge in [-0.05, 0) is 49.6 Å². The lowest BCUT2D eigenvalue weighted by Gasteiger charge is -2.43.